The fourth-order valence-electron chi connectivity index (χ4n) is 2.35. The zero-order chi connectivity index (χ0) is 15.3. The summed E-state index contributed by atoms with van der Waals surface area (Å²) in [6.45, 7) is 8.32. The van der Waals surface area contributed by atoms with Gasteiger partial charge < -0.3 is 10.6 Å². The summed E-state index contributed by atoms with van der Waals surface area (Å²) in [6.07, 6.45) is 1.21. The topological polar surface area (TPSA) is 46.3 Å². The number of nitrogens with two attached hydrogens (primary N) is 1. The molecule has 0 spiro atoms. The highest BCUT2D eigenvalue weighted by Crippen LogP contribution is 2.25. The number of benzene rings is 1. The molecule has 0 heterocycles. The fourth-order valence-corrected chi connectivity index (χ4v) is 2.35. The van der Waals surface area contributed by atoms with Crippen molar-refractivity contribution in [2.45, 2.75) is 52.1 Å². The third-order valence-corrected chi connectivity index (χ3v) is 4.11. The van der Waals surface area contributed by atoms with Gasteiger partial charge in [-0.05, 0) is 44.4 Å². The Balaban J connectivity index is 3.00. The van der Waals surface area contributed by atoms with Gasteiger partial charge in [0.15, 0.2) is 0 Å². The molecule has 0 saturated carbocycles. The molecular formula is C16H25FN2O. The van der Waals surface area contributed by atoms with E-state index in [0.29, 0.717) is 19.4 Å². The molecule has 1 atom stereocenters. The molecule has 0 aliphatic heterocycles. The number of carbonyl (C=O) groups is 1. The van der Waals surface area contributed by atoms with Crippen LogP contribution < -0.4 is 5.73 Å². The Morgan fingerprint density at radius 2 is 1.75 bits per heavy atom. The lowest BCUT2D eigenvalue weighted by atomic mass is 9.91. The molecule has 0 aromatic heterocycles. The molecule has 1 aromatic carbocycles. The molecule has 1 aromatic rings. The van der Waals surface area contributed by atoms with E-state index in [1.807, 2.05) is 27.7 Å². The van der Waals surface area contributed by atoms with E-state index in [0.717, 1.165) is 5.56 Å². The van der Waals surface area contributed by atoms with Gasteiger partial charge in [-0.15, -0.1) is 0 Å². The molecule has 1 rings (SSSR count). The van der Waals surface area contributed by atoms with Gasteiger partial charge in [-0.2, -0.15) is 0 Å². The van der Waals surface area contributed by atoms with Crippen LogP contribution in [-0.2, 0) is 4.79 Å². The lowest BCUT2D eigenvalue weighted by Gasteiger charge is -2.36. The maximum atomic E-state index is 13.0. The zero-order valence-electron chi connectivity index (χ0n) is 12.8. The third-order valence-electron chi connectivity index (χ3n) is 4.11. The Hall–Kier alpha value is -1.42. The quantitative estimate of drug-likeness (QED) is 0.869. The normalized spacial score (nSPS) is 13.1. The van der Waals surface area contributed by atoms with Crippen LogP contribution in [0.1, 0.15) is 52.1 Å². The minimum absolute atomic E-state index is 0.0400. The van der Waals surface area contributed by atoms with Gasteiger partial charge in [0.1, 0.15) is 5.82 Å². The molecule has 3 nitrogen and oxygen atoms in total. The van der Waals surface area contributed by atoms with E-state index in [1.54, 1.807) is 17.0 Å². The van der Waals surface area contributed by atoms with Crippen LogP contribution in [0.3, 0.4) is 0 Å². The van der Waals surface area contributed by atoms with Gasteiger partial charge in [-0.1, -0.05) is 26.0 Å². The predicted molar refractivity (Wildman–Crippen MR) is 79.7 cm³/mol. The van der Waals surface area contributed by atoms with Crippen molar-refractivity contribution < 1.29 is 9.18 Å². The highest BCUT2D eigenvalue weighted by atomic mass is 19.1. The number of halogens is 1. The number of nitrogens with zero attached hydrogens (tertiary/aromatic N) is 1. The third kappa shape index (κ3) is 3.37. The van der Waals surface area contributed by atoms with E-state index < -0.39 is 5.54 Å². The standard InChI is InChI=1S/C16H25FN2O/c1-5-16(18,6-2)15(20)19(7-3)12(4)13-8-10-14(17)11-9-13/h8-12H,5-7,18H2,1-4H3. The lowest BCUT2D eigenvalue weighted by Crippen LogP contribution is -2.55. The molecule has 1 amide bonds. The first-order valence-electron chi connectivity index (χ1n) is 7.25. The van der Waals surface area contributed by atoms with E-state index in [9.17, 15) is 9.18 Å². The van der Waals surface area contributed by atoms with Crippen molar-refractivity contribution in [3.63, 3.8) is 0 Å². The van der Waals surface area contributed by atoms with E-state index in [1.165, 1.54) is 12.1 Å². The summed E-state index contributed by atoms with van der Waals surface area (Å²) >= 11 is 0. The molecule has 20 heavy (non-hydrogen) atoms. The van der Waals surface area contributed by atoms with E-state index in [4.69, 9.17) is 5.73 Å². The molecule has 4 heteroatoms. The molecule has 0 aliphatic rings. The summed E-state index contributed by atoms with van der Waals surface area (Å²) in [6, 6.07) is 6.14. The van der Waals surface area contributed by atoms with Crippen molar-refractivity contribution >= 4 is 5.91 Å². The van der Waals surface area contributed by atoms with Gasteiger partial charge in [-0.25, -0.2) is 4.39 Å². The Morgan fingerprint density at radius 1 is 1.25 bits per heavy atom. The first kappa shape index (κ1) is 16.6. The molecular weight excluding hydrogens is 255 g/mol. The van der Waals surface area contributed by atoms with Crippen molar-refractivity contribution in [1.29, 1.82) is 0 Å². The summed E-state index contributed by atoms with van der Waals surface area (Å²) in [5, 5.41) is 0. The van der Waals surface area contributed by atoms with Crippen LogP contribution in [-0.4, -0.2) is 22.9 Å². The Kier molecular flexibility index (Phi) is 5.69. The Morgan fingerprint density at radius 3 is 2.15 bits per heavy atom. The van der Waals surface area contributed by atoms with Crippen molar-refractivity contribution in [3.8, 4) is 0 Å². The largest absolute Gasteiger partial charge is 0.335 e. The number of amides is 1. The van der Waals surface area contributed by atoms with Crippen LogP contribution in [0.2, 0.25) is 0 Å². The summed E-state index contributed by atoms with van der Waals surface area (Å²) < 4.78 is 13.0. The number of hydrogen-bond acceptors (Lipinski definition) is 2. The number of carbonyl (C=O) groups excluding carboxylic acids is 1. The molecule has 0 bridgehead atoms. The predicted octanol–water partition coefficient (Wildman–Crippen LogP) is 3.25. The van der Waals surface area contributed by atoms with E-state index in [2.05, 4.69) is 0 Å². The van der Waals surface area contributed by atoms with Crippen molar-refractivity contribution in [3.05, 3.63) is 35.6 Å². The molecule has 0 aliphatic carbocycles. The summed E-state index contributed by atoms with van der Waals surface area (Å²) in [7, 11) is 0. The number of rotatable bonds is 6. The summed E-state index contributed by atoms with van der Waals surface area (Å²) in [4.78, 5) is 14.4. The van der Waals surface area contributed by atoms with Gasteiger partial charge in [0.05, 0.1) is 11.6 Å². The van der Waals surface area contributed by atoms with Gasteiger partial charge in [0, 0.05) is 6.54 Å². The summed E-state index contributed by atoms with van der Waals surface area (Å²) in [5.41, 5.74) is 6.30. The fraction of sp³-hybridized carbons (Fsp3) is 0.562. The zero-order valence-corrected chi connectivity index (χ0v) is 12.8. The lowest BCUT2D eigenvalue weighted by molar-refractivity contribution is -0.139. The molecule has 0 fully saturated rings. The summed E-state index contributed by atoms with van der Waals surface area (Å²) in [5.74, 6) is -0.313. The Bertz CT molecular complexity index is 440. The van der Waals surface area contributed by atoms with Crippen molar-refractivity contribution in [2.75, 3.05) is 6.54 Å². The van der Waals surface area contributed by atoms with E-state index >= 15 is 0 Å². The minimum Gasteiger partial charge on any atom is -0.335 e. The first-order chi connectivity index (χ1) is 9.39. The Labute approximate surface area is 121 Å². The molecule has 0 saturated heterocycles. The van der Waals surface area contributed by atoms with Crippen molar-refractivity contribution in [2.24, 2.45) is 5.73 Å². The molecule has 0 radical (unpaired) electrons. The second-order valence-electron chi connectivity index (χ2n) is 5.18. The van der Waals surface area contributed by atoms with Gasteiger partial charge in [0.25, 0.3) is 0 Å². The van der Waals surface area contributed by atoms with Crippen LogP contribution in [0, 0.1) is 5.82 Å². The number of likely N-dealkylation sites (N-methyl/N-ethyl adjacent to an activating group) is 1. The second-order valence-corrected chi connectivity index (χ2v) is 5.18. The average Bonchev–Trinajstić information content (AvgIpc) is 2.47. The highest BCUT2D eigenvalue weighted by Gasteiger charge is 2.35. The van der Waals surface area contributed by atoms with Crippen molar-refractivity contribution in [1.82, 2.24) is 4.90 Å². The molecule has 112 valence electrons. The maximum Gasteiger partial charge on any atom is 0.243 e. The first-order valence-corrected chi connectivity index (χ1v) is 7.25. The second kappa shape index (κ2) is 6.84. The van der Waals surface area contributed by atoms with Gasteiger partial charge in [-0.3, -0.25) is 4.79 Å². The smallest absolute Gasteiger partial charge is 0.243 e. The molecule has 2 N–H and O–H groups in total. The van der Waals surface area contributed by atoms with Crippen LogP contribution in [0.5, 0.6) is 0 Å². The van der Waals surface area contributed by atoms with Crippen LogP contribution in [0.15, 0.2) is 24.3 Å². The van der Waals surface area contributed by atoms with Crippen LogP contribution in [0.25, 0.3) is 0 Å². The number of hydrogen-bond donors (Lipinski definition) is 1. The highest BCUT2D eigenvalue weighted by molar-refractivity contribution is 5.86. The van der Waals surface area contributed by atoms with Gasteiger partial charge in [0.2, 0.25) is 5.91 Å². The monoisotopic (exact) mass is 280 g/mol. The van der Waals surface area contributed by atoms with E-state index in [-0.39, 0.29) is 17.8 Å². The minimum atomic E-state index is -0.815. The average molecular weight is 280 g/mol. The van der Waals surface area contributed by atoms with Gasteiger partial charge >= 0.3 is 0 Å². The SMILES string of the molecule is CCN(C(=O)C(N)(CC)CC)C(C)c1ccc(F)cc1. The maximum absolute atomic E-state index is 13.0. The molecule has 1 unspecified atom stereocenters. The van der Waals surface area contributed by atoms with Crippen LogP contribution in [0.4, 0.5) is 4.39 Å². The van der Waals surface area contributed by atoms with Crippen LogP contribution >= 0.6 is 0 Å².